The van der Waals surface area contributed by atoms with Gasteiger partial charge in [0.25, 0.3) is 0 Å². The molecule has 0 heterocycles. The smallest absolute Gasteiger partial charge is 0.330 e. The van der Waals surface area contributed by atoms with E-state index in [0.717, 1.165) is 0 Å². The third kappa shape index (κ3) is 3.14. The number of benzene rings is 1. The van der Waals surface area contributed by atoms with Crippen LogP contribution in [-0.4, -0.2) is 17.7 Å². The molecule has 4 heteroatoms. The van der Waals surface area contributed by atoms with Crippen molar-refractivity contribution in [1.29, 1.82) is 5.26 Å². The summed E-state index contributed by atoms with van der Waals surface area (Å²) in [5.74, 6) is -0.508. The second kappa shape index (κ2) is 5.56. The van der Waals surface area contributed by atoms with Crippen LogP contribution in [0.15, 0.2) is 24.3 Å². The number of nitriles is 1. The molecule has 1 aromatic rings. The van der Waals surface area contributed by atoms with Crippen molar-refractivity contribution in [1.82, 2.24) is 0 Å². The monoisotopic (exact) mass is 217 g/mol. The molecule has 0 spiro atoms. The Morgan fingerprint density at radius 2 is 2.38 bits per heavy atom. The summed E-state index contributed by atoms with van der Waals surface area (Å²) < 4.78 is 4.69. The maximum atomic E-state index is 11.0. The second-order valence-corrected chi connectivity index (χ2v) is 2.97. The SMILES string of the molecule is CCOC(=O)C=Cc1ccc(C#N)cc1O. The largest absolute Gasteiger partial charge is 0.507 e. The van der Waals surface area contributed by atoms with Gasteiger partial charge in [0, 0.05) is 11.6 Å². The number of nitrogens with zero attached hydrogens (tertiary/aromatic N) is 1. The van der Waals surface area contributed by atoms with Gasteiger partial charge in [-0.2, -0.15) is 5.26 Å². The van der Waals surface area contributed by atoms with Crippen LogP contribution in [0.25, 0.3) is 6.08 Å². The van der Waals surface area contributed by atoms with Gasteiger partial charge in [-0.15, -0.1) is 0 Å². The Balaban J connectivity index is 2.83. The van der Waals surface area contributed by atoms with Crippen LogP contribution in [0.3, 0.4) is 0 Å². The van der Waals surface area contributed by atoms with Crippen LogP contribution in [-0.2, 0) is 9.53 Å². The molecule has 0 bridgehead atoms. The number of phenolic OH excluding ortho intramolecular Hbond substituents is 1. The third-order valence-corrected chi connectivity index (χ3v) is 1.85. The zero-order chi connectivity index (χ0) is 12.0. The highest BCUT2D eigenvalue weighted by Crippen LogP contribution is 2.19. The van der Waals surface area contributed by atoms with Crippen molar-refractivity contribution in [3.05, 3.63) is 35.4 Å². The van der Waals surface area contributed by atoms with Crippen LogP contribution in [0.5, 0.6) is 5.75 Å². The molecule has 0 saturated carbocycles. The zero-order valence-electron chi connectivity index (χ0n) is 8.80. The van der Waals surface area contributed by atoms with Crippen molar-refractivity contribution >= 4 is 12.0 Å². The van der Waals surface area contributed by atoms with Crippen molar-refractivity contribution in [3.8, 4) is 11.8 Å². The molecule has 1 rings (SSSR count). The lowest BCUT2D eigenvalue weighted by Crippen LogP contribution is -1.98. The van der Waals surface area contributed by atoms with E-state index in [-0.39, 0.29) is 5.75 Å². The Morgan fingerprint density at radius 1 is 1.62 bits per heavy atom. The maximum absolute atomic E-state index is 11.0. The zero-order valence-corrected chi connectivity index (χ0v) is 8.80. The molecule has 0 aromatic heterocycles. The lowest BCUT2D eigenvalue weighted by Gasteiger charge is -1.99. The van der Waals surface area contributed by atoms with Crippen LogP contribution < -0.4 is 0 Å². The summed E-state index contributed by atoms with van der Waals surface area (Å²) in [6.07, 6.45) is 2.67. The number of carbonyl (C=O) groups is 1. The van der Waals surface area contributed by atoms with Gasteiger partial charge in [0.15, 0.2) is 0 Å². The number of rotatable bonds is 3. The van der Waals surface area contributed by atoms with E-state index in [9.17, 15) is 9.90 Å². The number of hydrogen-bond acceptors (Lipinski definition) is 4. The molecule has 0 unspecified atom stereocenters. The predicted molar refractivity (Wildman–Crippen MR) is 58.5 cm³/mol. The van der Waals surface area contributed by atoms with Crippen LogP contribution in [0.4, 0.5) is 0 Å². The summed E-state index contributed by atoms with van der Waals surface area (Å²) in [4.78, 5) is 11.0. The lowest BCUT2D eigenvalue weighted by molar-refractivity contribution is -0.137. The minimum absolute atomic E-state index is 0.0420. The molecule has 0 aliphatic heterocycles. The van der Waals surface area contributed by atoms with Gasteiger partial charge < -0.3 is 9.84 Å². The van der Waals surface area contributed by atoms with Gasteiger partial charge in [0.2, 0.25) is 0 Å². The number of phenols is 1. The Hall–Kier alpha value is -2.28. The Morgan fingerprint density at radius 3 is 2.94 bits per heavy atom. The fourth-order valence-corrected chi connectivity index (χ4v) is 1.10. The molecule has 1 N–H and O–H groups in total. The van der Waals surface area contributed by atoms with E-state index in [1.54, 1.807) is 19.1 Å². The summed E-state index contributed by atoms with van der Waals surface area (Å²) in [6.45, 7) is 2.02. The van der Waals surface area contributed by atoms with E-state index < -0.39 is 5.97 Å². The summed E-state index contributed by atoms with van der Waals surface area (Å²) in [5.41, 5.74) is 0.831. The molecule has 1 aromatic carbocycles. The molecule has 0 fully saturated rings. The van der Waals surface area contributed by atoms with Gasteiger partial charge in [-0.3, -0.25) is 0 Å². The first kappa shape index (κ1) is 11.8. The average molecular weight is 217 g/mol. The second-order valence-electron chi connectivity index (χ2n) is 2.97. The topological polar surface area (TPSA) is 70.3 Å². The summed E-state index contributed by atoms with van der Waals surface area (Å²) in [5, 5.41) is 18.1. The minimum atomic E-state index is -0.466. The lowest BCUT2D eigenvalue weighted by atomic mass is 10.1. The molecule has 0 radical (unpaired) electrons. The van der Waals surface area contributed by atoms with Gasteiger partial charge in [0.1, 0.15) is 5.75 Å². The first-order chi connectivity index (χ1) is 7.67. The molecule has 0 saturated heterocycles. The van der Waals surface area contributed by atoms with Crippen molar-refractivity contribution in [2.24, 2.45) is 0 Å². The van der Waals surface area contributed by atoms with Gasteiger partial charge in [-0.25, -0.2) is 4.79 Å². The average Bonchev–Trinajstić information content (AvgIpc) is 2.27. The highest BCUT2D eigenvalue weighted by Gasteiger charge is 2.00. The van der Waals surface area contributed by atoms with Crippen molar-refractivity contribution in [2.75, 3.05) is 6.61 Å². The van der Waals surface area contributed by atoms with E-state index in [4.69, 9.17) is 5.26 Å². The summed E-state index contributed by atoms with van der Waals surface area (Å²) >= 11 is 0. The number of hydrogen-bond donors (Lipinski definition) is 1. The fourth-order valence-electron chi connectivity index (χ4n) is 1.10. The normalized spacial score (nSPS) is 10.0. The predicted octanol–water partition coefficient (Wildman–Crippen LogP) is 1.84. The summed E-state index contributed by atoms with van der Waals surface area (Å²) in [6, 6.07) is 6.36. The van der Waals surface area contributed by atoms with Crippen molar-refractivity contribution in [3.63, 3.8) is 0 Å². The fraction of sp³-hybridized carbons (Fsp3) is 0.167. The van der Waals surface area contributed by atoms with Gasteiger partial charge in [-0.05, 0) is 31.2 Å². The first-order valence-corrected chi connectivity index (χ1v) is 4.75. The van der Waals surface area contributed by atoms with Crippen LogP contribution in [0, 0.1) is 11.3 Å². The Labute approximate surface area is 93.4 Å². The van der Waals surface area contributed by atoms with Gasteiger partial charge >= 0.3 is 5.97 Å². The molecular formula is C12H11NO3. The molecule has 4 nitrogen and oxygen atoms in total. The molecule has 16 heavy (non-hydrogen) atoms. The quantitative estimate of drug-likeness (QED) is 0.619. The molecule has 82 valence electrons. The van der Waals surface area contributed by atoms with Crippen LogP contribution in [0.2, 0.25) is 0 Å². The van der Waals surface area contributed by atoms with Crippen molar-refractivity contribution < 1.29 is 14.6 Å². The molecule has 0 aliphatic rings. The van der Waals surface area contributed by atoms with Crippen LogP contribution >= 0.6 is 0 Å². The van der Waals surface area contributed by atoms with Crippen LogP contribution in [0.1, 0.15) is 18.1 Å². The van der Waals surface area contributed by atoms with Gasteiger partial charge in [0.05, 0.1) is 18.2 Å². The first-order valence-electron chi connectivity index (χ1n) is 4.75. The third-order valence-electron chi connectivity index (χ3n) is 1.85. The summed E-state index contributed by atoms with van der Waals surface area (Å²) in [7, 11) is 0. The molecule has 0 amide bonds. The van der Waals surface area contributed by atoms with Gasteiger partial charge in [-0.1, -0.05) is 0 Å². The number of ether oxygens (including phenoxy) is 1. The molecular weight excluding hydrogens is 206 g/mol. The van der Waals surface area contributed by atoms with E-state index in [1.807, 2.05) is 6.07 Å². The number of carbonyl (C=O) groups excluding carboxylic acids is 1. The van der Waals surface area contributed by atoms with E-state index in [2.05, 4.69) is 4.74 Å². The number of aromatic hydroxyl groups is 1. The van der Waals surface area contributed by atoms with E-state index >= 15 is 0 Å². The molecule has 0 aliphatic carbocycles. The maximum Gasteiger partial charge on any atom is 0.330 e. The van der Waals surface area contributed by atoms with E-state index in [1.165, 1.54) is 18.2 Å². The minimum Gasteiger partial charge on any atom is -0.507 e. The Kier molecular flexibility index (Phi) is 4.10. The Bertz CT molecular complexity index is 458. The molecule has 0 atom stereocenters. The number of esters is 1. The standard InChI is InChI=1S/C12H11NO3/c1-2-16-12(15)6-5-10-4-3-9(8-13)7-11(10)14/h3-7,14H,2H2,1H3. The van der Waals surface area contributed by atoms with Crippen molar-refractivity contribution in [2.45, 2.75) is 6.92 Å². The highest BCUT2D eigenvalue weighted by molar-refractivity contribution is 5.87. The van der Waals surface area contributed by atoms with E-state index in [0.29, 0.717) is 17.7 Å². The highest BCUT2D eigenvalue weighted by atomic mass is 16.5.